The second-order valence-electron chi connectivity index (χ2n) is 7.27. The van der Waals surface area contributed by atoms with E-state index in [4.69, 9.17) is 9.26 Å². The van der Waals surface area contributed by atoms with Crippen molar-refractivity contribution in [3.05, 3.63) is 72.1 Å². The molecule has 1 N–H and O–H groups in total. The number of benzene rings is 2. The van der Waals surface area contributed by atoms with Gasteiger partial charge < -0.3 is 19.5 Å². The van der Waals surface area contributed by atoms with Crippen LogP contribution in [0.1, 0.15) is 22.1 Å². The van der Waals surface area contributed by atoms with Gasteiger partial charge >= 0.3 is 0 Å². The van der Waals surface area contributed by atoms with Gasteiger partial charge in [-0.15, -0.1) is 0 Å². The molecule has 0 spiro atoms. The van der Waals surface area contributed by atoms with Crippen LogP contribution in [-0.4, -0.2) is 51.6 Å². The Labute approximate surface area is 182 Å². The van der Waals surface area contributed by atoms with Crippen molar-refractivity contribution in [3.8, 4) is 5.75 Å². The normalized spacial score (nSPS) is 15.7. The van der Waals surface area contributed by atoms with Crippen LogP contribution in [-0.2, 0) is 11.2 Å². The van der Waals surface area contributed by atoms with Crippen molar-refractivity contribution in [3.63, 3.8) is 0 Å². The first-order valence-electron chi connectivity index (χ1n) is 9.91. The highest BCUT2D eigenvalue weighted by atomic mass is 16.5. The third kappa shape index (κ3) is 3.73. The molecule has 1 aliphatic rings. The van der Waals surface area contributed by atoms with E-state index in [2.05, 4.69) is 25.4 Å². The van der Waals surface area contributed by atoms with E-state index in [1.165, 1.54) is 4.90 Å². The van der Waals surface area contributed by atoms with Gasteiger partial charge in [0.2, 0.25) is 5.89 Å². The molecule has 0 aliphatic carbocycles. The van der Waals surface area contributed by atoms with Gasteiger partial charge in [0.05, 0.1) is 23.1 Å². The van der Waals surface area contributed by atoms with Crippen LogP contribution in [0.25, 0.3) is 11.0 Å². The molecule has 10 heteroatoms. The Kier molecular flexibility index (Phi) is 4.94. The Morgan fingerprint density at radius 3 is 2.69 bits per heavy atom. The Morgan fingerprint density at radius 1 is 1.16 bits per heavy atom. The summed E-state index contributed by atoms with van der Waals surface area (Å²) < 4.78 is 11.0. The molecule has 0 bridgehead atoms. The van der Waals surface area contributed by atoms with Crippen molar-refractivity contribution >= 4 is 28.5 Å². The van der Waals surface area contributed by atoms with Crippen molar-refractivity contribution in [1.29, 1.82) is 0 Å². The Bertz CT molecular complexity index is 1310. The number of hydrogen-bond acceptors (Lipinski definition) is 8. The molecule has 1 atom stereocenters. The average Bonchev–Trinajstić information content (AvgIpc) is 3.25. The molecular formula is C22H18N6O4. The fourth-order valence-electron chi connectivity index (χ4n) is 3.47. The zero-order chi connectivity index (χ0) is 22.1. The quantitative estimate of drug-likeness (QED) is 0.519. The van der Waals surface area contributed by atoms with E-state index in [-0.39, 0.29) is 18.3 Å². The van der Waals surface area contributed by atoms with E-state index < -0.39 is 11.9 Å². The number of ether oxygens (including phenoxy) is 1. The monoisotopic (exact) mass is 430 g/mol. The van der Waals surface area contributed by atoms with Crippen LogP contribution < -0.4 is 15.0 Å². The van der Waals surface area contributed by atoms with Gasteiger partial charge in [-0.3, -0.25) is 19.6 Å². The highest BCUT2D eigenvalue weighted by molar-refractivity contribution is 6.03. The second kappa shape index (κ2) is 8.06. The fourth-order valence-corrected chi connectivity index (χ4v) is 3.47. The molecule has 2 amide bonds. The zero-order valence-corrected chi connectivity index (χ0v) is 17.1. The lowest BCUT2D eigenvalue weighted by Crippen LogP contribution is -2.49. The molecule has 2 aromatic carbocycles. The Hall–Kier alpha value is -4.34. The lowest BCUT2D eigenvalue weighted by atomic mass is 10.1. The van der Waals surface area contributed by atoms with Gasteiger partial charge in [-0.1, -0.05) is 35.5 Å². The van der Waals surface area contributed by atoms with E-state index in [1.54, 1.807) is 31.6 Å². The standard InChI is InChI=1S/C22H18N6O4/c1-28-17-10-14-15(24-8-7-23-14)11-18(17)31-12-16(22(28)30)25-21(29)20-26-19(32-27-20)9-13-5-3-2-4-6-13/h2-8,10-11,16H,9,12H2,1H3,(H,25,29). The summed E-state index contributed by atoms with van der Waals surface area (Å²) in [5.41, 5.74) is 2.80. The van der Waals surface area contributed by atoms with Gasteiger partial charge in [0.25, 0.3) is 17.6 Å². The number of amides is 2. The van der Waals surface area contributed by atoms with Crippen molar-refractivity contribution in [2.45, 2.75) is 12.5 Å². The van der Waals surface area contributed by atoms with Crippen LogP contribution in [0.5, 0.6) is 5.75 Å². The molecule has 160 valence electrons. The van der Waals surface area contributed by atoms with E-state index in [0.717, 1.165) is 5.56 Å². The number of nitrogens with one attached hydrogen (secondary N) is 1. The minimum atomic E-state index is -0.931. The number of nitrogens with zero attached hydrogens (tertiary/aromatic N) is 5. The summed E-state index contributed by atoms with van der Waals surface area (Å²) in [5.74, 6) is -0.320. The largest absolute Gasteiger partial charge is 0.489 e. The lowest BCUT2D eigenvalue weighted by molar-refractivity contribution is -0.120. The van der Waals surface area contributed by atoms with Gasteiger partial charge in [-0.2, -0.15) is 4.98 Å². The lowest BCUT2D eigenvalue weighted by Gasteiger charge is -2.20. The molecule has 1 unspecified atom stereocenters. The molecule has 2 aromatic heterocycles. The first-order valence-corrected chi connectivity index (χ1v) is 9.91. The minimum absolute atomic E-state index is 0.0532. The number of hydrogen-bond donors (Lipinski definition) is 1. The van der Waals surface area contributed by atoms with Crippen LogP contribution in [0.2, 0.25) is 0 Å². The summed E-state index contributed by atoms with van der Waals surface area (Å²) in [4.78, 5) is 39.8. The summed E-state index contributed by atoms with van der Waals surface area (Å²) in [6, 6.07) is 12.1. The van der Waals surface area contributed by atoms with E-state index >= 15 is 0 Å². The number of rotatable bonds is 4. The van der Waals surface area contributed by atoms with Gasteiger partial charge in [0, 0.05) is 25.5 Å². The van der Waals surface area contributed by atoms with Crippen LogP contribution in [0, 0.1) is 0 Å². The summed E-state index contributed by atoms with van der Waals surface area (Å²) in [6.45, 7) is -0.0532. The number of aromatic nitrogens is 4. The number of fused-ring (bicyclic) bond motifs is 2. The summed E-state index contributed by atoms with van der Waals surface area (Å²) in [7, 11) is 1.61. The number of likely N-dealkylation sites (N-methyl/N-ethyl adjacent to an activating group) is 1. The van der Waals surface area contributed by atoms with Crippen molar-refractivity contribution in [1.82, 2.24) is 25.4 Å². The minimum Gasteiger partial charge on any atom is -0.489 e. The van der Waals surface area contributed by atoms with E-state index in [0.29, 0.717) is 34.8 Å². The van der Waals surface area contributed by atoms with Gasteiger partial charge in [0.15, 0.2) is 0 Å². The number of anilines is 1. The second-order valence-corrected chi connectivity index (χ2v) is 7.27. The first-order chi connectivity index (χ1) is 15.6. The topological polar surface area (TPSA) is 123 Å². The molecule has 0 saturated heterocycles. The molecule has 3 heterocycles. The zero-order valence-electron chi connectivity index (χ0n) is 17.1. The third-order valence-electron chi connectivity index (χ3n) is 5.12. The van der Waals surface area contributed by atoms with Gasteiger partial charge in [-0.05, 0) is 11.6 Å². The van der Waals surface area contributed by atoms with Crippen LogP contribution >= 0.6 is 0 Å². The van der Waals surface area contributed by atoms with Crippen LogP contribution in [0.15, 0.2) is 59.4 Å². The summed E-state index contributed by atoms with van der Waals surface area (Å²) in [5, 5.41) is 6.38. The van der Waals surface area contributed by atoms with Crippen molar-refractivity contribution < 1.29 is 18.8 Å². The maximum absolute atomic E-state index is 13.0. The molecule has 10 nitrogen and oxygen atoms in total. The maximum Gasteiger partial charge on any atom is 0.293 e. The van der Waals surface area contributed by atoms with Gasteiger partial charge in [-0.25, -0.2) is 0 Å². The first kappa shape index (κ1) is 19.6. The molecule has 4 aromatic rings. The van der Waals surface area contributed by atoms with Gasteiger partial charge in [0.1, 0.15) is 18.4 Å². The molecule has 1 aliphatic heterocycles. The van der Waals surface area contributed by atoms with E-state index in [1.807, 2.05) is 30.3 Å². The van der Waals surface area contributed by atoms with E-state index in [9.17, 15) is 9.59 Å². The van der Waals surface area contributed by atoms with Crippen LogP contribution in [0.3, 0.4) is 0 Å². The molecule has 0 fully saturated rings. The number of carbonyl (C=O) groups excluding carboxylic acids is 2. The Morgan fingerprint density at radius 2 is 1.91 bits per heavy atom. The van der Waals surface area contributed by atoms with Crippen LogP contribution in [0.4, 0.5) is 5.69 Å². The fraction of sp³-hybridized carbons (Fsp3) is 0.182. The summed E-state index contributed by atoms with van der Waals surface area (Å²) >= 11 is 0. The predicted octanol–water partition coefficient (Wildman–Crippen LogP) is 1.76. The SMILES string of the molecule is CN1C(=O)C(NC(=O)c2noc(Cc3ccccc3)n2)COc2cc3nccnc3cc21. The highest BCUT2D eigenvalue weighted by Crippen LogP contribution is 2.33. The molecule has 5 rings (SSSR count). The number of carbonyl (C=O) groups is 2. The molecule has 32 heavy (non-hydrogen) atoms. The summed E-state index contributed by atoms with van der Waals surface area (Å²) in [6.07, 6.45) is 3.56. The molecular weight excluding hydrogens is 412 g/mol. The molecule has 0 radical (unpaired) electrons. The third-order valence-corrected chi connectivity index (χ3v) is 5.12. The predicted molar refractivity (Wildman–Crippen MR) is 113 cm³/mol. The van der Waals surface area contributed by atoms with Crippen molar-refractivity contribution in [2.24, 2.45) is 0 Å². The Balaban J connectivity index is 1.32. The van der Waals surface area contributed by atoms with Crippen molar-refractivity contribution in [2.75, 3.05) is 18.6 Å². The smallest absolute Gasteiger partial charge is 0.293 e. The highest BCUT2D eigenvalue weighted by Gasteiger charge is 2.32. The molecule has 0 saturated carbocycles. The maximum atomic E-state index is 13.0. The average molecular weight is 430 g/mol.